The Labute approximate surface area is 236 Å². The predicted octanol–water partition coefficient (Wildman–Crippen LogP) is 6.57. The molecule has 1 aliphatic rings. The van der Waals surface area contributed by atoms with Crippen molar-refractivity contribution in [1.82, 2.24) is 5.32 Å². The summed E-state index contributed by atoms with van der Waals surface area (Å²) in [5, 5.41) is 12.8. The summed E-state index contributed by atoms with van der Waals surface area (Å²) in [4.78, 5) is 21.1. The number of halogens is 1. The lowest BCUT2D eigenvalue weighted by Crippen LogP contribution is -2.36. The van der Waals surface area contributed by atoms with E-state index >= 15 is 0 Å². The number of nitrogens with zero attached hydrogens (tertiary/aromatic N) is 1. The Morgan fingerprint density at radius 1 is 0.842 bits per heavy atom. The number of amides is 1. The molecule has 1 amide bonds. The molecule has 0 aromatic heterocycles. The summed E-state index contributed by atoms with van der Waals surface area (Å²) < 4.78 is 12.7. The van der Waals surface area contributed by atoms with Gasteiger partial charge < -0.3 is 14.8 Å². The first-order valence-electron chi connectivity index (χ1n) is 11.6. The molecule has 0 spiro atoms. The van der Waals surface area contributed by atoms with E-state index in [1.807, 2.05) is 54.6 Å². The molecule has 7 nitrogen and oxygen atoms in total. The number of alkyl carbamates (subject to hydrolysis) is 1. The van der Waals surface area contributed by atoms with E-state index in [9.17, 15) is 14.9 Å². The first kappa shape index (κ1) is 28.9. The van der Waals surface area contributed by atoms with Crippen LogP contribution in [0.15, 0.2) is 120 Å². The number of rotatable bonds is 7. The number of nitro benzene ring substituents is 1. The second-order valence-electron chi connectivity index (χ2n) is 8.23. The first-order chi connectivity index (χ1) is 18.0. The standard InChI is InChI=1S/C23H21NO3.C6H4BrNO2.H2S/c25-22-24-16-21(27-22)17-26-23(18-10-4-1-5-11-18,19-12-6-2-7-13-19)20-14-8-3-9-15-20;7-5-1-3-6(4-2-5)8(9)10;/h1-15,21H,16-17H2,(H,24,25);1-4H;1H2/t21-;;/m0../s1. The zero-order valence-electron chi connectivity index (χ0n) is 20.3. The quantitative estimate of drug-likeness (QED) is 0.148. The van der Waals surface area contributed by atoms with Crippen molar-refractivity contribution in [3.63, 3.8) is 0 Å². The molecule has 5 rings (SSSR count). The number of cyclic esters (lactones) is 1. The van der Waals surface area contributed by atoms with Crippen LogP contribution in [0.5, 0.6) is 0 Å². The maximum Gasteiger partial charge on any atom is 0.407 e. The molecule has 0 aliphatic carbocycles. The number of carbonyl (C=O) groups excluding carboxylic acids is 1. The Bertz CT molecular complexity index is 1210. The fourth-order valence-electron chi connectivity index (χ4n) is 4.07. The Morgan fingerprint density at radius 2 is 1.29 bits per heavy atom. The van der Waals surface area contributed by atoms with E-state index in [0.29, 0.717) is 6.54 Å². The van der Waals surface area contributed by atoms with Crippen LogP contribution in [-0.2, 0) is 15.1 Å². The number of hydrogen-bond acceptors (Lipinski definition) is 5. The number of ether oxygens (including phenoxy) is 2. The third kappa shape index (κ3) is 7.00. The highest BCUT2D eigenvalue weighted by Gasteiger charge is 2.39. The minimum atomic E-state index is -0.793. The average Bonchev–Trinajstić information content (AvgIpc) is 3.36. The molecule has 1 saturated heterocycles. The molecule has 9 heteroatoms. The van der Waals surface area contributed by atoms with E-state index < -0.39 is 16.6 Å². The Morgan fingerprint density at radius 3 is 1.66 bits per heavy atom. The maximum absolute atomic E-state index is 11.4. The van der Waals surface area contributed by atoms with E-state index in [1.165, 1.54) is 12.1 Å². The summed E-state index contributed by atoms with van der Waals surface area (Å²) in [5.41, 5.74) is 2.40. The minimum Gasteiger partial charge on any atom is -0.442 e. The second-order valence-corrected chi connectivity index (χ2v) is 9.15. The van der Waals surface area contributed by atoms with Crippen LogP contribution in [0, 0.1) is 10.1 Å². The highest BCUT2D eigenvalue weighted by atomic mass is 79.9. The van der Waals surface area contributed by atoms with Crippen molar-refractivity contribution >= 4 is 41.2 Å². The van der Waals surface area contributed by atoms with Crippen molar-refractivity contribution in [3.8, 4) is 0 Å². The molecule has 0 saturated carbocycles. The first-order valence-corrected chi connectivity index (χ1v) is 12.4. The number of benzene rings is 4. The van der Waals surface area contributed by atoms with E-state index in [2.05, 4.69) is 57.6 Å². The summed E-state index contributed by atoms with van der Waals surface area (Å²) >= 11 is 3.17. The zero-order chi connectivity index (χ0) is 26.1. The number of hydrogen-bond donors (Lipinski definition) is 1. The molecular weight excluding hydrogens is 568 g/mol. The van der Waals surface area contributed by atoms with Crippen molar-refractivity contribution in [2.75, 3.05) is 13.2 Å². The largest absolute Gasteiger partial charge is 0.442 e. The fourth-order valence-corrected chi connectivity index (χ4v) is 4.34. The molecular formula is C29H27BrN2O5S. The van der Waals surface area contributed by atoms with Crippen LogP contribution in [0.2, 0.25) is 0 Å². The van der Waals surface area contributed by atoms with Gasteiger partial charge in [0.2, 0.25) is 0 Å². The summed E-state index contributed by atoms with van der Waals surface area (Å²) in [7, 11) is 0. The molecule has 38 heavy (non-hydrogen) atoms. The van der Waals surface area contributed by atoms with Crippen LogP contribution in [0.4, 0.5) is 10.5 Å². The molecule has 0 radical (unpaired) electrons. The van der Waals surface area contributed by atoms with Gasteiger partial charge in [-0.05, 0) is 28.8 Å². The minimum absolute atomic E-state index is 0. The topological polar surface area (TPSA) is 90.7 Å². The fraction of sp³-hybridized carbons (Fsp3) is 0.138. The third-order valence-electron chi connectivity index (χ3n) is 5.81. The molecule has 196 valence electrons. The smallest absolute Gasteiger partial charge is 0.407 e. The van der Waals surface area contributed by atoms with E-state index in [1.54, 1.807) is 12.1 Å². The summed E-state index contributed by atoms with van der Waals surface area (Å²) in [6.45, 7) is 0.741. The van der Waals surface area contributed by atoms with Crippen LogP contribution < -0.4 is 5.32 Å². The van der Waals surface area contributed by atoms with Gasteiger partial charge >= 0.3 is 6.09 Å². The molecule has 1 atom stereocenters. The van der Waals surface area contributed by atoms with Gasteiger partial charge in [-0.2, -0.15) is 13.5 Å². The molecule has 1 heterocycles. The van der Waals surface area contributed by atoms with Gasteiger partial charge in [-0.1, -0.05) is 107 Å². The summed E-state index contributed by atoms with van der Waals surface area (Å²) in [5.74, 6) is 0. The lowest BCUT2D eigenvalue weighted by atomic mass is 9.80. The molecule has 1 aliphatic heterocycles. The normalized spacial score (nSPS) is 14.2. The SMILES string of the molecule is O=C1NC[C@@H](COC(c2ccccc2)(c2ccccc2)c2ccccc2)O1.O=[N+]([O-])c1ccc(Br)cc1.S. The summed E-state index contributed by atoms with van der Waals surface area (Å²) in [6, 6.07) is 36.6. The van der Waals surface area contributed by atoms with Gasteiger partial charge in [0.1, 0.15) is 11.7 Å². The van der Waals surface area contributed by atoms with Gasteiger partial charge in [0.05, 0.1) is 18.1 Å². The van der Waals surface area contributed by atoms with Gasteiger partial charge in [0, 0.05) is 16.6 Å². The zero-order valence-corrected chi connectivity index (χ0v) is 22.9. The van der Waals surface area contributed by atoms with E-state index in [0.717, 1.165) is 21.2 Å². The number of non-ortho nitro benzene ring substituents is 1. The lowest BCUT2D eigenvalue weighted by Gasteiger charge is -2.36. The maximum atomic E-state index is 11.4. The molecule has 4 aromatic carbocycles. The third-order valence-corrected chi connectivity index (χ3v) is 6.34. The monoisotopic (exact) mass is 594 g/mol. The van der Waals surface area contributed by atoms with E-state index in [-0.39, 0.29) is 31.9 Å². The Hall–Kier alpha value is -3.66. The predicted molar refractivity (Wildman–Crippen MR) is 155 cm³/mol. The number of carbonyl (C=O) groups is 1. The van der Waals surface area contributed by atoms with Crippen LogP contribution in [-0.4, -0.2) is 30.3 Å². The molecule has 0 unspecified atom stereocenters. The lowest BCUT2D eigenvalue weighted by molar-refractivity contribution is -0.384. The molecule has 4 aromatic rings. The van der Waals surface area contributed by atoms with Gasteiger partial charge in [0.25, 0.3) is 5.69 Å². The van der Waals surface area contributed by atoms with Crippen molar-refractivity contribution in [2.45, 2.75) is 11.7 Å². The second kappa shape index (κ2) is 13.8. The highest BCUT2D eigenvalue weighted by molar-refractivity contribution is 9.10. The molecule has 1 N–H and O–H groups in total. The van der Waals surface area contributed by atoms with Crippen molar-refractivity contribution in [2.24, 2.45) is 0 Å². The van der Waals surface area contributed by atoms with Crippen molar-refractivity contribution < 1.29 is 19.2 Å². The van der Waals surface area contributed by atoms with Crippen LogP contribution >= 0.6 is 29.4 Å². The van der Waals surface area contributed by atoms with Gasteiger partial charge in [0.15, 0.2) is 0 Å². The summed E-state index contributed by atoms with van der Waals surface area (Å²) in [6.07, 6.45) is -0.707. The Kier molecular flexibility index (Phi) is 10.5. The number of nitrogens with one attached hydrogen (secondary N) is 1. The van der Waals surface area contributed by atoms with Gasteiger partial charge in [-0.25, -0.2) is 4.79 Å². The van der Waals surface area contributed by atoms with E-state index in [4.69, 9.17) is 9.47 Å². The van der Waals surface area contributed by atoms with Crippen LogP contribution in [0.1, 0.15) is 16.7 Å². The average molecular weight is 596 g/mol. The highest BCUT2D eigenvalue weighted by Crippen LogP contribution is 2.40. The Balaban J connectivity index is 0.000000308. The number of nitro groups is 1. The van der Waals surface area contributed by atoms with Crippen LogP contribution in [0.25, 0.3) is 0 Å². The molecule has 0 bridgehead atoms. The van der Waals surface area contributed by atoms with Crippen molar-refractivity contribution in [3.05, 3.63) is 147 Å². The molecule has 1 fully saturated rings. The van der Waals surface area contributed by atoms with Crippen LogP contribution in [0.3, 0.4) is 0 Å². The van der Waals surface area contributed by atoms with Crippen molar-refractivity contribution in [1.29, 1.82) is 0 Å². The van der Waals surface area contributed by atoms with Gasteiger partial charge in [-0.3, -0.25) is 10.1 Å². The van der Waals surface area contributed by atoms with Gasteiger partial charge in [-0.15, -0.1) is 0 Å².